The molecule has 0 unspecified atom stereocenters. The zero-order valence-corrected chi connectivity index (χ0v) is 10.1. The first kappa shape index (κ1) is 12.6. The molecule has 3 nitrogen and oxygen atoms in total. The molecular formula is C13H18O3. The van der Waals surface area contributed by atoms with Gasteiger partial charge in [0.25, 0.3) is 0 Å². The van der Waals surface area contributed by atoms with Crippen LogP contribution in [0, 0.1) is 0 Å². The van der Waals surface area contributed by atoms with Gasteiger partial charge in [-0.2, -0.15) is 0 Å². The van der Waals surface area contributed by atoms with E-state index < -0.39 is 0 Å². The van der Waals surface area contributed by atoms with Gasteiger partial charge in [0.1, 0.15) is 5.75 Å². The van der Waals surface area contributed by atoms with Gasteiger partial charge in [0.2, 0.25) is 0 Å². The fourth-order valence-electron chi connectivity index (χ4n) is 1.64. The summed E-state index contributed by atoms with van der Waals surface area (Å²) < 4.78 is 9.79. The SMILES string of the molecule is CCc1cc(OC)ccc1CCC(=O)OC. The summed E-state index contributed by atoms with van der Waals surface area (Å²) in [4.78, 5) is 11.1. The van der Waals surface area contributed by atoms with Gasteiger partial charge in [0.15, 0.2) is 0 Å². The summed E-state index contributed by atoms with van der Waals surface area (Å²) >= 11 is 0. The first-order chi connectivity index (χ1) is 7.71. The summed E-state index contributed by atoms with van der Waals surface area (Å²) in [7, 11) is 3.07. The third-order valence-electron chi connectivity index (χ3n) is 2.62. The van der Waals surface area contributed by atoms with Crippen LogP contribution in [0.4, 0.5) is 0 Å². The predicted molar refractivity (Wildman–Crippen MR) is 62.7 cm³/mol. The van der Waals surface area contributed by atoms with Crippen LogP contribution in [-0.4, -0.2) is 20.2 Å². The van der Waals surface area contributed by atoms with Crippen molar-refractivity contribution < 1.29 is 14.3 Å². The lowest BCUT2D eigenvalue weighted by Gasteiger charge is -2.09. The zero-order chi connectivity index (χ0) is 12.0. The third-order valence-corrected chi connectivity index (χ3v) is 2.62. The Morgan fingerprint density at radius 2 is 2.00 bits per heavy atom. The van der Waals surface area contributed by atoms with E-state index in [1.807, 2.05) is 18.2 Å². The van der Waals surface area contributed by atoms with Crippen molar-refractivity contribution in [2.45, 2.75) is 26.2 Å². The molecule has 0 heterocycles. The topological polar surface area (TPSA) is 35.5 Å². The first-order valence-corrected chi connectivity index (χ1v) is 5.43. The molecule has 88 valence electrons. The maximum absolute atomic E-state index is 11.1. The van der Waals surface area contributed by atoms with Gasteiger partial charge in [0, 0.05) is 6.42 Å². The lowest BCUT2D eigenvalue weighted by molar-refractivity contribution is -0.140. The number of hydrogen-bond acceptors (Lipinski definition) is 3. The highest BCUT2D eigenvalue weighted by molar-refractivity contribution is 5.69. The van der Waals surface area contributed by atoms with Crippen molar-refractivity contribution in [3.63, 3.8) is 0 Å². The van der Waals surface area contributed by atoms with Crippen LogP contribution in [0.5, 0.6) is 5.75 Å². The van der Waals surface area contributed by atoms with E-state index in [1.54, 1.807) is 7.11 Å². The van der Waals surface area contributed by atoms with Gasteiger partial charge in [-0.15, -0.1) is 0 Å². The van der Waals surface area contributed by atoms with Gasteiger partial charge in [0.05, 0.1) is 14.2 Å². The minimum Gasteiger partial charge on any atom is -0.497 e. The highest BCUT2D eigenvalue weighted by Crippen LogP contribution is 2.19. The Balaban J connectivity index is 2.75. The van der Waals surface area contributed by atoms with E-state index in [1.165, 1.54) is 18.2 Å². The lowest BCUT2D eigenvalue weighted by atomic mass is 10.0. The molecule has 0 saturated heterocycles. The molecule has 0 radical (unpaired) electrons. The average molecular weight is 222 g/mol. The Labute approximate surface area is 96.4 Å². The van der Waals surface area contributed by atoms with Crippen molar-refractivity contribution >= 4 is 5.97 Å². The molecule has 1 aromatic rings. The van der Waals surface area contributed by atoms with Gasteiger partial charge < -0.3 is 9.47 Å². The number of carbonyl (C=O) groups excluding carboxylic acids is 1. The fraction of sp³-hybridized carbons (Fsp3) is 0.462. The van der Waals surface area contributed by atoms with E-state index in [9.17, 15) is 4.79 Å². The van der Waals surface area contributed by atoms with Crippen LogP contribution >= 0.6 is 0 Å². The highest BCUT2D eigenvalue weighted by Gasteiger charge is 2.06. The van der Waals surface area contributed by atoms with Crippen molar-refractivity contribution in [1.82, 2.24) is 0 Å². The molecule has 0 aromatic heterocycles. The molecule has 0 saturated carbocycles. The molecule has 0 aliphatic carbocycles. The molecule has 0 aliphatic heterocycles. The van der Waals surface area contributed by atoms with Crippen molar-refractivity contribution in [3.8, 4) is 5.75 Å². The summed E-state index contributed by atoms with van der Waals surface area (Å²) in [6.45, 7) is 2.09. The Bertz CT molecular complexity index is 358. The second-order valence-electron chi connectivity index (χ2n) is 3.56. The molecule has 1 aromatic carbocycles. The second-order valence-corrected chi connectivity index (χ2v) is 3.56. The van der Waals surface area contributed by atoms with Gasteiger partial charge in [-0.05, 0) is 36.1 Å². The van der Waals surface area contributed by atoms with Gasteiger partial charge in [-0.3, -0.25) is 4.79 Å². The maximum atomic E-state index is 11.1. The molecule has 0 aliphatic rings. The van der Waals surface area contributed by atoms with Crippen molar-refractivity contribution in [2.24, 2.45) is 0 Å². The van der Waals surface area contributed by atoms with Crippen molar-refractivity contribution in [2.75, 3.05) is 14.2 Å². The molecule has 0 spiro atoms. The minimum atomic E-state index is -0.169. The number of ether oxygens (including phenoxy) is 2. The van der Waals surface area contributed by atoms with Gasteiger partial charge in [-0.1, -0.05) is 13.0 Å². The zero-order valence-electron chi connectivity index (χ0n) is 10.1. The highest BCUT2D eigenvalue weighted by atomic mass is 16.5. The lowest BCUT2D eigenvalue weighted by Crippen LogP contribution is -2.03. The fourth-order valence-corrected chi connectivity index (χ4v) is 1.64. The van der Waals surface area contributed by atoms with E-state index >= 15 is 0 Å². The molecule has 0 fully saturated rings. The van der Waals surface area contributed by atoms with E-state index in [2.05, 4.69) is 11.7 Å². The van der Waals surface area contributed by atoms with Crippen LogP contribution < -0.4 is 4.74 Å². The van der Waals surface area contributed by atoms with Crippen LogP contribution in [-0.2, 0) is 22.4 Å². The number of aryl methyl sites for hydroxylation is 2. The normalized spacial score (nSPS) is 9.94. The Hall–Kier alpha value is -1.51. The van der Waals surface area contributed by atoms with E-state index in [-0.39, 0.29) is 5.97 Å². The molecular weight excluding hydrogens is 204 g/mol. The summed E-state index contributed by atoms with van der Waals surface area (Å²) in [5, 5.41) is 0. The number of hydrogen-bond donors (Lipinski definition) is 0. The number of benzene rings is 1. The number of carbonyl (C=O) groups is 1. The number of esters is 1. The third kappa shape index (κ3) is 3.26. The molecule has 0 amide bonds. The minimum absolute atomic E-state index is 0.169. The summed E-state index contributed by atoms with van der Waals surface area (Å²) in [5.41, 5.74) is 2.41. The Morgan fingerprint density at radius 3 is 2.56 bits per heavy atom. The van der Waals surface area contributed by atoms with Crippen LogP contribution in [0.3, 0.4) is 0 Å². The molecule has 3 heteroatoms. The predicted octanol–water partition coefficient (Wildman–Crippen LogP) is 2.36. The first-order valence-electron chi connectivity index (χ1n) is 5.43. The van der Waals surface area contributed by atoms with Crippen LogP contribution in [0.1, 0.15) is 24.5 Å². The summed E-state index contributed by atoms with van der Waals surface area (Å²) in [6, 6.07) is 5.96. The Morgan fingerprint density at radius 1 is 1.25 bits per heavy atom. The van der Waals surface area contributed by atoms with Gasteiger partial charge >= 0.3 is 5.97 Å². The Kier molecular flexibility index (Phi) is 4.83. The van der Waals surface area contributed by atoms with E-state index in [0.717, 1.165) is 18.6 Å². The maximum Gasteiger partial charge on any atom is 0.305 e. The quantitative estimate of drug-likeness (QED) is 0.717. The van der Waals surface area contributed by atoms with E-state index in [4.69, 9.17) is 4.74 Å². The average Bonchev–Trinajstić information content (AvgIpc) is 2.35. The standard InChI is InChI=1S/C13H18O3/c1-4-10-9-12(15-2)7-5-11(10)6-8-13(14)16-3/h5,7,9H,4,6,8H2,1-3H3. The molecule has 1 rings (SSSR count). The second kappa shape index (κ2) is 6.16. The van der Waals surface area contributed by atoms with Crippen molar-refractivity contribution in [1.29, 1.82) is 0 Å². The number of rotatable bonds is 5. The van der Waals surface area contributed by atoms with Crippen LogP contribution in [0.15, 0.2) is 18.2 Å². The van der Waals surface area contributed by atoms with Gasteiger partial charge in [-0.25, -0.2) is 0 Å². The van der Waals surface area contributed by atoms with Crippen molar-refractivity contribution in [3.05, 3.63) is 29.3 Å². The molecule has 0 bridgehead atoms. The summed E-state index contributed by atoms with van der Waals surface area (Å²) in [6.07, 6.45) is 2.09. The molecule has 0 atom stereocenters. The number of methoxy groups -OCH3 is 2. The molecule has 0 N–H and O–H groups in total. The van der Waals surface area contributed by atoms with E-state index in [0.29, 0.717) is 6.42 Å². The van der Waals surface area contributed by atoms with Crippen LogP contribution in [0.25, 0.3) is 0 Å². The van der Waals surface area contributed by atoms with Crippen LogP contribution in [0.2, 0.25) is 0 Å². The smallest absolute Gasteiger partial charge is 0.305 e. The largest absolute Gasteiger partial charge is 0.497 e. The summed E-state index contributed by atoms with van der Waals surface area (Å²) in [5.74, 6) is 0.691. The molecule has 16 heavy (non-hydrogen) atoms. The monoisotopic (exact) mass is 222 g/mol.